The smallest absolute Gasteiger partial charge is 0.271 e. The van der Waals surface area contributed by atoms with Crippen LogP contribution in [0.4, 0.5) is 0 Å². The fourth-order valence-corrected chi connectivity index (χ4v) is 2.12. The Morgan fingerprint density at radius 1 is 1.53 bits per heavy atom. The van der Waals surface area contributed by atoms with E-state index in [2.05, 4.69) is 13.8 Å². The molecule has 0 aromatic carbocycles. The Morgan fingerprint density at radius 3 is 2.60 bits per heavy atom. The number of hydrogen-bond donors (Lipinski definition) is 1. The van der Waals surface area contributed by atoms with E-state index in [1.165, 1.54) is 5.57 Å². The van der Waals surface area contributed by atoms with Crippen LogP contribution < -0.4 is 0 Å². The third-order valence-electron chi connectivity index (χ3n) is 2.53. The quantitative estimate of drug-likeness (QED) is 0.755. The molecule has 1 aliphatic rings. The molecule has 0 aromatic rings. The lowest BCUT2D eigenvalue weighted by molar-refractivity contribution is 0.474. The first kappa shape index (κ1) is 12.5. The Hall–Kier alpha value is -0.610. The second-order valence-corrected chi connectivity index (χ2v) is 6.00. The Morgan fingerprint density at radius 2 is 2.20 bits per heavy atom. The second-order valence-electron chi connectivity index (χ2n) is 4.36. The predicted octanol–water partition coefficient (Wildman–Crippen LogP) is 2.57. The summed E-state index contributed by atoms with van der Waals surface area (Å²) in [7, 11) is -3.91. The van der Waals surface area contributed by atoms with Gasteiger partial charge >= 0.3 is 0 Å². The highest BCUT2D eigenvalue weighted by Crippen LogP contribution is 2.20. The van der Waals surface area contributed by atoms with E-state index in [-0.39, 0.29) is 0 Å². The summed E-state index contributed by atoms with van der Waals surface area (Å²) in [6, 6.07) is 0. The first-order valence-corrected chi connectivity index (χ1v) is 6.73. The molecule has 0 amide bonds. The van der Waals surface area contributed by atoms with E-state index in [0.717, 1.165) is 12.8 Å². The predicted molar refractivity (Wildman–Crippen MR) is 61.2 cm³/mol. The molecule has 15 heavy (non-hydrogen) atoms. The van der Waals surface area contributed by atoms with Crippen molar-refractivity contribution in [3.8, 4) is 0 Å². The van der Waals surface area contributed by atoms with Gasteiger partial charge in [-0.25, -0.2) is 0 Å². The van der Waals surface area contributed by atoms with E-state index < -0.39 is 15.4 Å². The fourth-order valence-electron chi connectivity index (χ4n) is 1.51. The van der Waals surface area contributed by atoms with Gasteiger partial charge in [-0.1, -0.05) is 37.6 Å². The molecule has 1 N–H and O–H groups in total. The number of hydrogen-bond acceptors (Lipinski definition) is 2. The lowest BCUT2D eigenvalue weighted by atomic mass is 9.98. The van der Waals surface area contributed by atoms with Crippen LogP contribution in [0, 0.1) is 5.92 Å². The minimum atomic E-state index is -3.91. The van der Waals surface area contributed by atoms with Gasteiger partial charge in [-0.3, -0.25) is 4.55 Å². The van der Waals surface area contributed by atoms with Crippen molar-refractivity contribution in [2.24, 2.45) is 5.92 Å². The van der Waals surface area contributed by atoms with Crippen molar-refractivity contribution in [3.63, 3.8) is 0 Å². The maximum atomic E-state index is 10.8. The van der Waals surface area contributed by atoms with Gasteiger partial charge in [0.2, 0.25) is 0 Å². The van der Waals surface area contributed by atoms with Gasteiger partial charge in [0.15, 0.2) is 0 Å². The highest BCUT2D eigenvalue weighted by atomic mass is 32.2. The van der Waals surface area contributed by atoms with E-state index in [1.54, 1.807) is 6.08 Å². The van der Waals surface area contributed by atoms with Crippen LogP contribution in [0.25, 0.3) is 0 Å². The molecule has 0 saturated heterocycles. The number of rotatable bonds is 4. The molecule has 86 valence electrons. The van der Waals surface area contributed by atoms with Crippen LogP contribution in [-0.4, -0.2) is 18.2 Å². The molecule has 3 nitrogen and oxygen atoms in total. The third-order valence-corrected chi connectivity index (χ3v) is 3.65. The summed E-state index contributed by atoms with van der Waals surface area (Å²) in [6.07, 6.45) is 7.76. The summed E-state index contributed by atoms with van der Waals surface area (Å²) < 4.78 is 30.5. The maximum absolute atomic E-state index is 10.8. The van der Waals surface area contributed by atoms with Gasteiger partial charge in [0.05, 0.1) is 0 Å². The summed E-state index contributed by atoms with van der Waals surface area (Å²) in [4.78, 5) is 0. The molecule has 1 rings (SSSR count). The Labute approximate surface area is 91.6 Å². The molecule has 1 aliphatic carbocycles. The van der Waals surface area contributed by atoms with Gasteiger partial charge < -0.3 is 0 Å². The maximum Gasteiger partial charge on any atom is 0.271 e. The van der Waals surface area contributed by atoms with Gasteiger partial charge in [0.1, 0.15) is 5.25 Å². The minimum Gasteiger partial charge on any atom is -0.285 e. The van der Waals surface area contributed by atoms with Gasteiger partial charge in [0, 0.05) is 0 Å². The largest absolute Gasteiger partial charge is 0.285 e. The molecular weight excluding hydrogens is 212 g/mol. The highest BCUT2D eigenvalue weighted by molar-refractivity contribution is 7.86. The summed E-state index contributed by atoms with van der Waals surface area (Å²) in [5.74, 6) is 0.651. The van der Waals surface area contributed by atoms with Crippen LogP contribution in [0.1, 0.15) is 33.1 Å². The summed E-state index contributed by atoms with van der Waals surface area (Å²) in [5.41, 5.74) is 1.17. The monoisotopic (exact) mass is 230 g/mol. The van der Waals surface area contributed by atoms with E-state index in [1.807, 2.05) is 12.2 Å². The molecule has 0 radical (unpaired) electrons. The first-order chi connectivity index (χ1) is 6.89. The van der Waals surface area contributed by atoms with Crippen molar-refractivity contribution >= 4 is 10.1 Å². The molecule has 1 atom stereocenters. The minimum absolute atomic E-state index is 0.392. The zero-order chi connectivity index (χ0) is 11.5. The molecule has 0 aliphatic heterocycles. The Bertz CT molecular complexity index is 363. The molecule has 1 unspecified atom stereocenters. The average molecular weight is 230 g/mol. The van der Waals surface area contributed by atoms with Gasteiger partial charge in [0.25, 0.3) is 10.1 Å². The van der Waals surface area contributed by atoms with Crippen LogP contribution in [0.5, 0.6) is 0 Å². The topological polar surface area (TPSA) is 54.4 Å². The lowest BCUT2D eigenvalue weighted by Crippen LogP contribution is -2.18. The van der Waals surface area contributed by atoms with Crippen molar-refractivity contribution in [1.29, 1.82) is 0 Å². The van der Waals surface area contributed by atoms with Gasteiger partial charge in [-0.15, -0.1) is 0 Å². The SMILES string of the molecule is CC(C)CCC1=CCC(S(=O)(=O)O)C=C1. The summed E-state index contributed by atoms with van der Waals surface area (Å²) >= 11 is 0. The molecule has 0 heterocycles. The molecule has 4 heteroatoms. The van der Waals surface area contributed by atoms with Crippen LogP contribution >= 0.6 is 0 Å². The first-order valence-electron chi connectivity index (χ1n) is 5.23. The Kier molecular flexibility index (Phi) is 4.11. The lowest BCUT2D eigenvalue weighted by Gasteiger charge is -2.14. The fraction of sp³-hybridized carbons (Fsp3) is 0.636. The standard InChI is InChI=1S/C11H18O3S/c1-9(2)3-4-10-5-7-11(8-6-10)15(12,13)14/h5-7,9,11H,3-4,8H2,1-2H3,(H,12,13,14). The molecule has 0 saturated carbocycles. The van der Waals surface area contributed by atoms with Crippen LogP contribution in [-0.2, 0) is 10.1 Å². The van der Waals surface area contributed by atoms with E-state index in [9.17, 15) is 8.42 Å². The van der Waals surface area contributed by atoms with Crippen LogP contribution in [0.3, 0.4) is 0 Å². The second kappa shape index (κ2) is 4.94. The van der Waals surface area contributed by atoms with Crippen molar-refractivity contribution in [2.75, 3.05) is 0 Å². The van der Waals surface area contributed by atoms with Crippen molar-refractivity contribution in [2.45, 2.75) is 38.4 Å². The molecule has 0 spiro atoms. The van der Waals surface area contributed by atoms with Gasteiger partial charge in [-0.05, 0) is 25.2 Å². The molecule has 0 bridgehead atoms. The van der Waals surface area contributed by atoms with Crippen molar-refractivity contribution < 1.29 is 13.0 Å². The third kappa shape index (κ3) is 4.18. The molecule has 0 aromatic heterocycles. The Balaban J connectivity index is 2.51. The zero-order valence-electron chi connectivity index (χ0n) is 9.18. The van der Waals surface area contributed by atoms with Crippen molar-refractivity contribution in [3.05, 3.63) is 23.8 Å². The zero-order valence-corrected chi connectivity index (χ0v) is 10.00. The number of allylic oxidation sites excluding steroid dienone is 3. The van der Waals surface area contributed by atoms with E-state index >= 15 is 0 Å². The molecule has 0 fully saturated rings. The van der Waals surface area contributed by atoms with Crippen LogP contribution in [0.15, 0.2) is 23.8 Å². The average Bonchev–Trinajstić information content (AvgIpc) is 2.14. The summed E-state index contributed by atoms with van der Waals surface area (Å²) in [5, 5.41) is -0.750. The molecular formula is C11H18O3S. The van der Waals surface area contributed by atoms with Crippen LogP contribution in [0.2, 0.25) is 0 Å². The summed E-state index contributed by atoms with van der Waals surface area (Å²) in [6.45, 7) is 4.32. The van der Waals surface area contributed by atoms with E-state index in [0.29, 0.717) is 12.3 Å². The van der Waals surface area contributed by atoms with Crippen molar-refractivity contribution in [1.82, 2.24) is 0 Å². The van der Waals surface area contributed by atoms with E-state index in [4.69, 9.17) is 4.55 Å². The van der Waals surface area contributed by atoms with Gasteiger partial charge in [-0.2, -0.15) is 8.42 Å². The highest BCUT2D eigenvalue weighted by Gasteiger charge is 2.20. The normalized spacial score (nSPS) is 21.9.